The Labute approximate surface area is 173 Å². The summed E-state index contributed by atoms with van der Waals surface area (Å²) in [5.74, 6) is -0.505. The maximum Gasteiger partial charge on any atom is 0.241 e. The van der Waals surface area contributed by atoms with Gasteiger partial charge < -0.3 is 10.6 Å². The van der Waals surface area contributed by atoms with Crippen LogP contribution in [0.3, 0.4) is 0 Å². The number of benzene rings is 2. The summed E-state index contributed by atoms with van der Waals surface area (Å²) in [6, 6.07) is 13.2. The normalized spacial score (nSPS) is 16.4. The van der Waals surface area contributed by atoms with Crippen LogP contribution < -0.4 is 10.6 Å². The second-order valence-electron chi connectivity index (χ2n) is 6.45. The number of para-hydroxylation sites is 1. The molecule has 2 amide bonds. The van der Waals surface area contributed by atoms with E-state index in [2.05, 4.69) is 10.6 Å². The number of halogens is 2. The average Bonchev–Trinajstić information content (AvgIpc) is 3.13. The Bertz CT molecular complexity index is 942. The van der Waals surface area contributed by atoms with E-state index < -0.39 is 6.04 Å². The first-order chi connectivity index (χ1) is 13.5. The Kier molecular flexibility index (Phi) is 6.53. The van der Waals surface area contributed by atoms with Gasteiger partial charge in [0.15, 0.2) is 0 Å². The minimum atomic E-state index is -0.438. The third kappa shape index (κ3) is 4.82. The number of hydrogen-bond acceptors (Lipinski definition) is 4. The quantitative estimate of drug-likeness (QED) is 0.773. The monoisotopic (exact) mass is 416 g/mol. The van der Waals surface area contributed by atoms with E-state index in [0.29, 0.717) is 39.9 Å². The lowest BCUT2D eigenvalue weighted by molar-refractivity contribution is -0.122. The fourth-order valence-electron chi connectivity index (χ4n) is 3.19. The molecule has 2 aromatic carbocycles. The Morgan fingerprint density at radius 2 is 1.93 bits per heavy atom. The maximum absolute atomic E-state index is 12.7. The molecule has 0 saturated carbocycles. The SMILES string of the molecule is N#Cc1ccccc1NC(=O)CN1CCC[C@@H]1C(=O)Nc1cc(Cl)ccc1Cl. The van der Waals surface area contributed by atoms with Crippen molar-refractivity contribution in [2.45, 2.75) is 18.9 Å². The highest BCUT2D eigenvalue weighted by atomic mass is 35.5. The standard InChI is InChI=1S/C20H18Cl2N4O2/c21-14-7-8-15(22)17(10-14)25-20(28)18-6-3-9-26(18)12-19(27)24-16-5-2-1-4-13(16)11-23/h1-2,4-5,7-8,10,18H,3,6,9,12H2,(H,24,27)(H,25,28)/t18-/m1/s1. The fraction of sp³-hybridized carbons (Fsp3) is 0.250. The van der Waals surface area contributed by atoms with Gasteiger partial charge in [-0.15, -0.1) is 0 Å². The predicted octanol–water partition coefficient (Wildman–Crippen LogP) is 3.91. The van der Waals surface area contributed by atoms with Crippen LogP contribution in [0.1, 0.15) is 18.4 Å². The number of nitriles is 1. The molecule has 1 aliphatic heterocycles. The summed E-state index contributed by atoms with van der Waals surface area (Å²) in [4.78, 5) is 26.9. The lowest BCUT2D eigenvalue weighted by Gasteiger charge is -2.23. The molecule has 1 saturated heterocycles. The predicted molar refractivity (Wildman–Crippen MR) is 109 cm³/mol. The number of carbonyl (C=O) groups is 2. The summed E-state index contributed by atoms with van der Waals surface area (Å²) >= 11 is 12.1. The van der Waals surface area contributed by atoms with E-state index in [1.54, 1.807) is 42.5 Å². The summed E-state index contributed by atoms with van der Waals surface area (Å²) in [6.07, 6.45) is 1.45. The van der Waals surface area contributed by atoms with Crippen molar-refractivity contribution in [1.82, 2.24) is 4.90 Å². The minimum absolute atomic E-state index is 0.0567. The topological polar surface area (TPSA) is 85.2 Å². The second-order valence-corrected chi connectivity index (χ2v) is 7.29. The molecule has 6 nitrogen and oxygen atoms in total. The van der Waals surface area contributed by atoms with E-state index >= 15 is 0 Å². The van der Waals surface area contributed by atoms with Gasteiger partial charge in [-0.1, -0.05) is 35.3 Å². The largest absolute Gasteiger partial charge is 0.324 e. The third-order valence-electron chi connectivity index (χ3n) is 4.52. The molecule has 0 spiro atoms. The molecular formula is C20H18Cl2N4O2. The molecule has 2 aromatic rings. The van der Waals surface area contributed by atoms with Crippen molar-refractivity contribution >= 4 is 46.4 Å². The summed E-state index contributed by atoms with van der Waals surface area (Å²) in [5, 5.41) is 15.5. The van der Waals surface area contributed by atoms with E-state index in [1.165, 1.54) is 0 Å². The fourth-order valence-corrected chi connectivity index (χ4v) is 3.52. The first kappa shape index (κ1) is 20.2. The van der Waals surface area contributed by atoms with Crippen LogP contribution in [-0.4, -0.2) is 35.8 Å². The molecular weight excluding hydrogens is 399 g/mol. The van der Waals surface area contributed by atoms with Crippen molar-refractivity contribution in [3.05, 3.63) is 58.1 Å². The van der Waals surface area contributed by atoms with Gasteiger partial charge in [0.25, 0.3) is 0 Å². The van der Waals surface area contributed by atoms with Crippen LogP contribution in [-0.2, 0) is 9.59 Å². The highest BCUT2D eigenvalue weighted by Crippen LogP contribution is 2.27. The van der Waals surface area contributed by atoms with Crippen molar-refractivity contribution < 1.29 is 9.59 Å². The van der Waals surface area contributed by atoms with Gasteiger partial charge in [-0.25, -0.2) is 0 Å². The van der Waals surface area contributed by atoms with Crippen LogP contribution in [0.25, 0.3) is 0 Å². The number of likely N-dealkylation sites (tertiary alicyclic amines) is 1. The van der Waals surface area contributed by atoms with Crippen LogP contribution in [0.15, 0.2) is 42.5 Å². The van der Waals surface area contributed by atoms with Crippen LogP contribution in [0.5, 0.6) is 0 Å². The number of nitrogens with zero attached hydrogens (tertiary/aromatic N) is 2. The molecule has 0 aromatic heterocycles. The zero-order valence-electron chi connectivity index (χ0n) is 14.9. The van der Waals surface area contributed by atoms with Gasteiger partial charge in [0.2, 0.25) is 11.8 Å². The second kappa shape index (κ2) is 9.07. The number of hydrogen-bond donors (Lipinski definition) is 2. The molecule has 3 rings (SSSR count). The van der Waals surface area contributed by atoms with Gasteiger partial charge in [0, 0.05) is 5.02 Å². The molecule has 8 heteroatoms. The van der Waals surface area contributed by atoms with Gasteiger partial charge in [-0.05, 0) is 49.7 Å². The molecule has 0 bridgehead atoms. The maximum atomic E-state index is 12.7. The van der Waals surface area contributed by atoms with Gasteiger partial charge in [-0.3, -0.25) is 14.5 Å². The Morgan fingerprint density at radius 3 is 2.71 bits per heavy atom. The summed E-state index contributed by atoms with van der Waals surface area (Å²) < 4.78 is 0. The number of anilines is 2. The Morgan fingerprint density at radius 1 is 1.14 bits per heavy atom. The number of amides is 2. The first-order valence-electron chi connectivity index (χ1n) is 8.77. The number of rotatable bonds is 5. The molecule has 1 fully saturated rings. The average molecular weight is 417 g/mol. The van der Waals surface area contributed by atoms with Gasteiger partial charge in [0.05, 0.1) is 34.5 Å². The van der Waals surface area contributed by atoms with Crippen molar-refractivity contribution in [1.29, 1.82) is 5.26 Å². The number of carbonyl (C=O) groups excluding carboxylic acids is 2. The van der Waals surface area contributed by atoms with Gasteiger partial charge in [-0.2, -0.15) is 5.26 Å². The molecule has 2 N–H and O–H groups in total. The van der Waals surface area contributed by atoms with Crippen molar-refractivity contribution in [3.63, 3.8) is 0 Å². The smallest absolute Gasteiger partial charge is 0.241 e. The molecule has 1 atom stereocenters. The van der Waals surface area contributed by atoms with E-state index in [0.717, 1.165) is 6.42 Å². The first-order valence-corrected chi connectivity index (χ1v) is 9.52. The highest BCUT2D eigenvalue weighted by Gasteiger charge is 2.32. The van der Waals surface area contributed by atoms with Crippen LogP contribution >= 0.6 is 23.2 Å². The number of nitrogens with one attached hydrogen (secondary N) is 2. The van der Waals surface area contributed by atoms with Crippen molar-refractivity contribution in [2.75, 3.05) is 23.7 Å². The van der Waals surface area contributed by atoms with E-state index in [9.17, 15) is 9.59 Å². The summed E-state index contributed by atoms with van der Waals surface area (Å²) in [6.45, 7) is 0.690. The molecule has 28 heavy (non-hydrogen) atoms. The van der Waals surface area contributed by atoms with Crippen LogP contribution in [0.4, 0.5) is 11.4 Å². The molecule has 0 radical (unpaired) electrons. The molecule has 0 aliphatic carbocycles. The van der Waals surface area contributed by atoms with Crippen molar-refractivity contribution in [3.8, 4) is 6.07 Å². The zero-order chi connectivity index (χ0) is 20.1. The summed E-state index contributed by atoms with van der Waals surface area (Å²) in [5.41, 5.74) is 1.29. The molecule has 1 aliphatic rings. The highest BCUT2D eigenvalue weighted by molar-refractivity contribution is 6.35. The lowest BCUT2D eigenvalue weighted by Crippen LogP contribution is -2.43. The van der Waals surface area contributed by atoms with Crippen molar-refractivity contribution in [2.24, 2.45) is 0 Å². The Hall–Kier alpha value is -2.59. The molecule has 0 unspecified atom stereocenters. The van der Waals surface area contributed by atoms with Crippen LogP contribution in [0, 0.1) is 11.3 Å². The van der Waals surface area contributed by atoms with E-state index in [4.69, 9.17) is 28.5 Å². The Balaban J connectivity index is 1.64. The third-order valence-corrected chi connectivity index (χ3v) is 5.09. The van der Waals surface area contributed by atoms with E-state index in [-0.39, 0.29) is 18.4 Å². The summed E-state index contributed by atoms with van der Waals surface area (Å²) in [7, 11) is 0. The zero-order valence-corrected chi connectivity index (χ0v) is 16.4. The van der Waals surface area contributed by atoms with Gasteiger partial charge >= 0.3 is 0 Å². The van der Waals surface area contributed by atoms with Crippen LogP contribution in [0.2, 0.25) is 10.0 Å². The molecule has 144 valence electrons. The lowest BCUT2D eigenvalue weighted by atomic mass is 10.2. The van der Waals surface area contributed by atoms with Gasteiger partial charge in [0.1, 0.15) is 6.07 Å². The molecule has 1 heterocycles. The van der Waals surface area contributed by atoms with E-state index in [1.807, 2.05) is 11.0 Å². The minimum Gasteiger partial charge on any atom is -0.324 e.